The molecule has 114 valence electrons. The van der Waals surface area contributed by atoms with Crippen molar-refractivity contribution in [1.29, 1.82) is 0 Å². The highest BCUT2D eigenvalue weighted by Gasteiger charge is 2.16. The maximum absolute atomic E-state index is 12.2. The van der Waals surface area contributed by atoms with Crippen LogP contribution in [0.25, 0.3) is 11.3 Å². The number of thiazole rings is 1. The summed E-state index contributed by atoms with van der Waals surface area (Å²) in [6, 6.07) is 10.2. The zero-order valence-electron chi connectivity index (χ0n) is 11.4. The van der Waals surface area contributed by atoms with E-state index in [0.717, 1.165) is 27.6 Å². The monoisotopic (exact) mass is 370 g/mol. The molecular weight excluding hydrogens is 360 g/mol. The van der Waals surface area contributed by atoms with Crippen molar-refractivity contribution in [3.8, 4) is 11.3 Å². The zero-order chi connectivity index (χ0) is 15.7. The highest BCUT2D eigenvalue weighted by atomic mass is 35.5. The normalized spacial score (nSPS) is 11.5. The van der Waals surface area contributed by atoms with Crippen LogP contribution in [0, 0.1) is 6.92 Å². The molecule has 2 heterocycles. The molecule has 22 heavy (non-hydrogen) atoms. The molecule has 3 aromatic rings. The molecule has 0 aliphatic carbocycles. The molecule has 0 atom stereocenters. The summed E-state index contributed by atoms with van der Waals surface area (Å²) < 4.78 is 27.6. The van der Waals surface area contributed by atoms with E-state index in [0.29, 0.717) is 10.0 Å². The van der Waals surface area contributed by atoms with Crippen molar-refractivity contribution in [2.24, 2.45) is 0 Å². The summed E-state index contributed by atoms with van der Waals surface area (Å²) in [6.45, 7) is 1.95. The second-order valence-corrected chi connectivity index (χ2v) is 9.18. The molecule has 3 rings (SSSR count). The molecule has 0 fully saturated rings. The van der Waals surface area contributed by atoms with Crippen LogP contribution in [0.15, 0.2) is 46.0 Å². The van der Waals surface area contributed by atoms with Gasteiger partial charge in [-0.1, -0.05) is 23.7 Å². The number of aromatic nitrogens is 1. The number of halogens is 1. The van der Waals surface area contributed by atoms with Crippen LogP contribution in [-0.4, -0.2) is 13.4 Å². The Hall–Kier alpha value is -1.41. The van der Waals surface area contributed by atoms with E-state index in [9.17, 15) is 8.42 Å². The Kier molecular flexibility index (Phi) is 4.22. The van der Waals surface area contributed by atoms with Gasteiger partial charge in [0.15, 0.2) is 0 Å². The molecule has 0 unspecified atom stereocenters. The number of thiophene rings is 1. The summed E-state index contributed by atoms with van der Waals surface area (Å²) in [6.07, 6.45) is 0. The predicted molar refractivity (Wildman–Crippen MR) is 92.4 cm³/mol. The number of anilines is 1. The third-order valence-electron chi connectivity index (χ3n) is 2.87. The lowest BCUT2D eigenvalue weighted by atomic mass is 10.1. The quantitative estimate of drug-likeness (QED) is 0.728. The number of rotatable bonds is 4. The van der Waals surface area contributed by atoms with Gasteiger partial charge in [-0.25, -0.2) is 13.4 Å². The van der Waals surface area contributed by atoms with Gasteiger partial charge < -0.3 is 0 Å². The first-order chi connectivity index (χ1) is 10.4. The van der Waals surface area contributed by atoms with Crippen LogP contribution in [0.4, 0.5) is 5.69 Å². The first-order valence-corrected chi connectivity index (χ1v) is 9.80. The Morgan fingerprint density at radius 3 is 2.41 bits per heavy atom. The fourth-order valence-corrected chi connectivity index (χ4v) is 5.02. The minimum absolute atomic E-state index is 0.191. The average molecular weight is 371 g/mol. The van der Waals surface area contributed by atoms with Crippen molar-refractivity contribution in [3.05, 3.63) is 51.1 Å². The molecular formula is C14H11ClN2O2S3. The van der Waals surface area contributed by atoms with Gasteiger partial charge in [0.05, 0.1) is 15.0 Å². The lowest BCUT2D eigenvalue weighted by Gasteiger charge is -2.06. The largest absolute Gasteiger partial charge is 0.279 e. The van der Waals surface area contributed by atoms with Crippen molar-refractivity contribution < 1.29 is 8.42 Å². The Labute approximate surface area is 141 Å². The lowest BCUT2D eigenvalue weighted by Crippen LogP contribution is -2.11. The lowest BCUT2D eigenvalue weighted by molar-refractivity contribution is 0.603. The molecule has 0 aliphatic heterocycles. The number of benzene rings is 1. The molecule has 1 N–H and O–H groups in total. The Bertz CT molecular complexity index is 898. The van der Waals surface area contributed by atoms with E-state index in [1.165, 1.54) is 6.07 Å². The van der Waals surface area contributed by atoms with Gasteiger partial charge in [-0.2, -0.15) is 0 Å². The molecule has 0 aliphatic rings. The van der Waals surface area contributed by atoms with Crippen molar-refractivity contribution >= 4 is 50.0 Å². The van der Waals surface area contributed by atoms with E-state index < -0.39 is 10.0 Å². The van der Waals surface area contributed by atoms with E-state index >= 15 is 0 Å². The molecule has 0 amide bonds. The fourth-order valence-electron chi connectivity index (χ4n) is 1.85. The Morgan fingerprint density at radius 1 is 1.14 bits per heavy atom. The van der Waals surface area contributed by atoms with Gasteiger partial charge in [-0.05, 0) is 31.2 Å². The van der Waals surface area contributed by atoms with Gasteiger partial charge in [-0.3, -0.25) is 4.72 Å². The summed E-state index contributed by atoms with van der Waals surface area (Å²) in [5.74, 6) is 0. The summed E-state index contributed by atoms with van der Waals surface area (Å²) in [5.41, 5.74) is 2.34. The molecule has 0 spiro atoms. The van der Waals surface area contributed by atoms with Gasteiger partial charge in [0.1, 0.15) is 4.21 Å². The summed E-state index contributed by atoms with van der Waals surface area (Å²) in [7, 11) is -3.60. The number of aryl methyl sites for hydroxylation is 1. The van der Waals surface area contributed by atoms with Crippen molar-refractivity contribution in [3.63, 3.8) is 0 Å². The van der Waals surface area contributed by atoms with Crippen molar-refractivity contribution in [2.75, 3.05) is 4.72 Å². The van der Waals surface area contributed by atoms with Crippen LogP contribution in [-0.2, 0) is 10.0 Å². The van der Waals surface area contributed by atoms with E-state index in [-0.39, 0.29) is 4.21 Å². The van der Waals surface area contributed by atoms with Gasteiger partial charge in [-0.15, -0.1) is 22.7 Å². The second kappa shape index (κ2) is 6.00. The van der Waals surface area contributed by atoms with Crippen LogP contribution in [0.3, 0.4) is 0 Å². The molecule has 0 saturated carbocycles. The predicted octanol–water partition coefficient (Wildman–Crippen LogP) is 4.63. The van der Waals surface area contributed by atoms with E-state index in [1.807, 2.05) is 24.4 Å². The summed E-state index contributed by atoms with van der Waals surface area (Å²) >= 11 is 8.38. The van der Waals surface area contributed by atoms with Crippen LogP contribution in [0.5, 0.6) is 0 Å². The van der Waals surface area contributed by atoms with E-state index in [4.69, 9.17) is 11.6 Å². The molecule has 1 aromatic carbocycles. The molecule has 8 heteroatoms. The number of hydrogen-bond acceptors (Lipinski definition) is 5. The Morgan fingerprint density at radius 2 is 1.86 bits per heavy atom. The molecule has 0 saturated heterocycles. The molecule has 4 nitrogen and oxygen atoms in total. The maximum atomic E-state index is 12.2. The minimum atomic E-state index is -3.60. The average Bonchev–Trinajstić information content (AvgIpc) is 3.08. The number of nitrogens with zero attached hydrogens (tertiary/aromatic N) is 1. The second-order valence-electron chi connectivity index (χ2n) is 4.49. The zero-order valence-corrected chi connectivity index (χ0v) is 14.6. The topological polar surface area (TPSA) is 59.1 Å². The maximum Gasteiger partial charge on any atom is 0.271 e. The van der Waals surface area contributed by atoms with Gasteiger partial charge in [0, 0.05) is 16.6 Å². The smallest absolute Gasteiger partial charge is 0.271 e. The molecule has 0 bridgehead atoms. The first-order valence-electron chi connectivity index (χ1n) is 6.25. The van der Waals surface area contributed by atoms with Gasteiger partial charge in [0.25, 0.3) is 10.0 Å². The molecule has 0 radical (unpaired) electrons. The van der Waals surface area contributed by atoms with Gasteiger partial charge >= 0.3 is 0 Å². The highest BCUT2D eigenvalue weighted by Crippen LogP contribution is 2.28. The van der Waals surface area contributed by atoms with E-state index in [1.54, 1.807) is 29.5 Å². The van der Waals surface area contributed by atoms with Crippen LogP contribution in [0.1, 0.15) is 5.01 Å². The minimum Gasteiger partial charge on any atom is -0.279 e. The third-order valence-corrected chi connectivity index (χ3v) is 6.74. The number of nitrogens with one attached hydrogen (secondary N) is 1. The fraction of sp³-hybridized carbons (Fsp3) is 0.0714. The SMILES string of the molecule is Cc1nc(-c2ccc(NS(=O)(=O)c3ccc(Cl)s3)cc2)cs1. The van der Waals surface area contributed by atoms with Crippen LogP contribution in [0.2, 0.25) is 4.34 Å². The van der Waals surface area contributed by atoms with E-state index in [2.05, 4.69) is 9.71 Å². The Balaban J connectivity index is 1.82. The van der Waals surface area contributed by atoms with Crippen LogP contribution < -0.4 is 4.72 Å². The third kappa shape index (κ3) is 3.33. The van der Waals surface area contributed by atoms with Crippen LogP contribution >= 0.6 is 34.3 Å². The molecule has 2 aromatic heterocycles. The summed E-state index contributed by atoms with van der Waals surface area (Å²) in [4.78, 5) is 4.40. The van der Waals surface area contributed by atoms with Gasteiger partial charge in [0.2, 0.25) is 0 Å². The summed E-state index contributed by atoms with van der Waals surface area (Å²) in [5, 5.41) is 2.97. The number of hydrogen-bond donors (Lipinski definition) is 1. The standard InChI is InChI=1S/C14H11ClN2O2S3/c1-9-16-12(8-20-9)10-2-4-11(5-3-10)17-22(18,19)14-7-6-13(15)21-14/h2-8,17H,1H3. The van der Waals surface area contributed by atoms with Crippen molar-refractivity contribution in [2.45, 2.75) is 11.1 Å². The first kappa shape index (κ1) is 15.5. The highest BCUT2D eigenvalue weighted by molar-refractivity contribution is 7.94. The van der Waals surface area contributed by atoms with Crippen molar-refractivity contribution in [1.82, 2.24) is 4.98 Å². The number of sulfonamides is 1.